The van der Waals surface area contributed by atoms with E-state index in [-0.39, 0.29) is 11.9 Å². The molecule has 1 heterocycles. The van der Waals surface area contributed by atoms with Gasteiger partial charge in [0, 0.05) is 12.6 Å². The first-order valence-electron chi connectivity index (χ1n) is 7.00. The molecule has 0 aliphatic heterocycles. The van der Waals surface area contributed by atoms with Crippen LogP contribution >= 0.6 is 0 Å². The molecule has 7 heteroatoms. The van der Waals surface area contributed by atoms with Crippen LogP contribution in [0, 0.1) is 0 Å². The molecule has 0 bridgehead atoms. The third kappa shape index (κ3) is 2.98. The summed E-state index contributed by atoms with van der Waals surface area (Å²) in [6.07, 6.45) is 0. The Bertz CT molecular complexity index is 903. The number of guanidine groups is 2. The highest BCUT2D eigenvalue weighted by Crippen LogP contribution is 2.26. The van der Waals surface area contributed by atoms with Crippen LogP contribution in [0.5, 0.6) is 0 Å². The van der Waals surface area contributed by atoms with Gasteiger partial charge in [0.05, 0.1) is 16.7 Å². The second-order valence-corrected chi connectivity index (χ2v) is 5.04. The lowest BCUT2D eigenvalue weighted by Crippen LogP contribution is -2.26. The van der Waals surface area contributed by atoms with Crippen molar-refractivity contribution in [1.82, 2.24) is 9.55 Å². The lowest BCUT2D eigenvalue weighted by Gasteiger charge is -2.01. The van der Waals surface area contributed by atoms with Crippen molar-refractivity contribution in [1.29, 1.82) is 0 Å². The van der Waals surface area contributed by atoms with Gasteiger partial charge in [0.15, 0.2) is 5.96 Å². The van der Waals surface area contributed by atoms with Crippen molar-refractivity contribution < 1.29 is 0 Å². The summed E-state index contributed by atoms with van der Waals surface area (Å²) in [7, 11) is 1.98. The predicted octanol–water partition coefficient (Wildman–Crippen LogP) is 1.46. The Hall–Kier alpha value is -3.35. The number of rotatable bonds is 2. The van der Waals surface area contributed by atoms with E-state index in [4.69, 9.17) is 17.2 Å². The number of benzene rings is 2. The van der Waals surface area contributed by atoms with Gasteiger partial charge in [0.25, 0.3) is 0 Å². The average molecular weight is 307 g/mol. The Morgan fingerprint density at radius 1 is 1.04 bits per heavy atom. The fourth-order valence-corrected chi connectivity index (χ4v) is 2.39. The van der Waals surface area contributed by atoms with E-state index in [0.29, 0.717) is 5.69 Å². The molecule has 0 aliphatic carbocycles. The van der Waals surface area contributed by atoms with E-state index in [1.165, 1.54) is 0 Å². The zero-order chi connectivity index (χ0) is 16.4. The molecule has 0 radical (unpaired) electrons. The minimum Gasteiger partial charge on any atom is -0.370 e. The van der Waals surface area contributed by atoms with Gasteiger partial charge in [-0.05, 0) is 18.2 Å². The Labute approximate surface area is 133 Å². The van der Waals surface area contributed by atoms with E-state index in [1.54, 1.807) is 0 Å². The first-order valence-corrected chi connectivity index (χ1v) is 7.00. The summed E-state index contributed by atoms with van der Waals surface area (Å²) in [5.74, 6) is 0.763. The van der Waals surface area contributed by atoms with Crippen LogP contribution in [0.1, 0.15) is 0 Å². The second kappa shape index (κ2) is 5.80. The topological polar surface area (TPSA) is 121 Å². The van der Waals surface area contributed by atoms with Gasteiger partial charge in [-0.15, -0.1) is 0 Å². The molecule has 3 aromatic rings. The molecular weight excluding hydrogens is 290 g/mol. The van der Waals surface area contributed by atoms with Gasteiger partial charge in [-0.1, -0.05) is 30.3 Å². The van der Waals surface area contributed by atoms with E-state index in [2.05, 4.69) is 15.0 Å². The van der Waals surface area contributed by atoms with Crippen LogP contribution in [0.3, 0.4) is 0 Å². The SMILES string of the molecule is Cn1c(-c2ccccc2)nc2cc(N=C(N)N=C(N)N)ccc21. The van der Waals surface area contributed by atoms with E-state index in [9.17, 15) is 0 Å². The molecule has 0 amide bonds. The molecule has 7 nitrogen and oxygen atoms in total. The van der Waals surface area contributed by atoms with Gasteiger partial charge in [-0.3, -0.25) is 0 Å². The minimum absolute atomic E-state index is 0.00330. The summed E-state index contributed by atoms with van der Waals surface area (Å²) in [4.78, 5) is 12.5. The Kier molecular flexibility index (Phi) is 3.68. The maximum Gasteiger partial charge on any atom is 0.223 e. The fourth-order valence-electron chi connectivity index (χ4n) is 2.39. The van der Waals surface area contributed by atoms with Crippen molar-refractivity contribution in [2.24, 2.45) is 34.2 Å². The number of nitrogens with two attached hydrogens (primary N) is 3. The van der Waals surface area contributed by atoms with Crippen LogP contribution in [0.2, 0.25) is 0 Å². The molecule has 116 valence electrons. The number of imidazole rings is 1. The summed E-state index contributed by atoms with van der Waals surface area (Å²) < 4.78 is 2.04. The molecule has 0 saturated heterocycles. The number of nitrogens with zero attached hydrogens (tertiary/aromatic N) is 4. The van der Waals surface area contributed by atoms with E-state index in [0.717, 1.165) is 22.4 Å². The summed E-state index contributed by atoms with van der Waals surface area (Å²) in [6, 6.07) is 15.6. The normalized spacial score (nSPS) is 11.6. The van der Waals surface area contributed by atoms with Crippen LogP contribution in [-0.4, -0.2) is 21.5 Å². The van der Waals surface area contributed by atoms with Crippen LogP contribution in [0.4, 0.5) is 5.69 Å². The third-order valence-electron chi connectivity index (χ3n) is 3.38. The van der Waals surface area contributed by atoms with Crippen LogP contribution in [-0.2, 0) is 7.05 Å². The molecular formula is C16H17N7. The van der Waals surface area contributed by atoms with Crippen molar-refractivity contribution in [3.8, 4) is 11.4 Å². The van der Waals surface area contributed by atoms with Crippen molar-refractivity contribution in [2.75, 3.05) is 0 Å². The lowest BCUT2D eigenvalue weighted by atomic mass is 10.2. The van der Waals surface area contributed by atoms with Crippen molar-refractivity contribution in [3.05, 3.63) is 48.5 Å². The molecule has 1 aromatic heterocycles. The highest BCUT2D eigenvalue weighted by atomic mass is 15.1. The Balaban J connectivity index is 2.06. The Morgan fingerprint density at radius 2 is 1.78 bits per heavy atom. The number of hydrogen-bond donors (Lipinski definition) is 3. The highest BCUT2D eigenvalue weighted by Gasteiger charge is 2.10. The van der Waals surface area contributed by atoms with Crippen LogP contribution in [0.15, 0.2) is 58.5 Å². The smallest absolute Gasteiger partial charge is 0.223 e. The second-order valence-electron chi connectivity index (χ2n) is 5.04. The van der Waals surface area contributed by atoms with Gasteiger partial charge >= 0.3 is 0 Å². The lowest BCUT2D eigenvalue weighted by molar-refractivity contribution is 0.959. The van der Waals surface area contributed by atoms with E-state index < -0.39 is 0 Å². The van der Waals surface area contributed by atoms with Gasteiger partial charge in [0.2, 0.25) is 5.96 Å². The molecule has 6 N–H and O–H groups in total. The summed E-state index contributed by atoms with van der Waals surface area (Å²) in [5, 5.41) is 0. The first kappa shape index (κ1) is 14.6. The monoisotopic (exact) mass is 307 g/mol. The molecule has 3 rings (SSSR count). The average Bonchev–Trinajstić information content (AvgIpc) is 2.84. The summed E-state index contributed by atoms with van der Waals surface area (Å²) >= 11 is 0. The summed E-state index contributed by atoms with van der Waals surface area (Å²) in [5.41, 5.74) is 19.7. The first-order chi connectivity index (χ1) is 11.0. The van der Waals surface area contributed by atoms with Crippen molar-refractivity contribution in [3.63, 3.8) is 0 Å². The summed E-state index contributed by atoms with van der Waals surface area (Å²) in [6.45, 7) is 0. The zero-order valence-electron chi connectivity index (χ0n) is 12.6. The van der Waals surface area contributed by atoms with E-state index in [1.807, 2.05) is 60.1 Å². The number of fused-ring (bicyclic) bond motifs is 1. The third-order valence-corrected chi connectivity index (χ3v) is 3.38. The standard InChI is InChI=1S/C16H17N7/c1-23-13-8-7-11(20-16(19)22-15(17)18)9-12(13)21-14(23)10-5-3-2-4-6-10/h2-9H,1H3,(H6,17,18,19,20,22). The van der Waals surface area contributed by atoms with Crippen molar-refractivity contribution >= 4 is 28.6 Å². The largest absolute Gasteiger partial charge is 0.370 e. The quantitative estimate of drug-likeness (QED) is 0.490. The molecule has 0 fully saturated rings. The molecule has 0 spiro atoms. The van der Waals surface area contributed by atoms with Crippen LogP contribution < -0.4 is 17.2 Å². The molecule has 0 saturated carbocycles. The molecule has 0 aliphatic rings. The highest BCUT2D eigenvalue weighted by molar-refractivity contribution is 5.94. The van der Waals surface area contributed by atoms with Crippen LogP contribution in [0.25, 0.3) is 22.4 Å². The Morgan fingerprint density at radius 3 is 2.48 bits per heavy atom. The number of aryl methyl sites for hydroxylation is 1. The van der Waals surface area contributed by atoms with E-state index >= 15 is 0 Å². The maximum atomic E-state index is 5.65. The van der Waals surface area contributed by atoms with Gasteiger partial charge in [-0.2, -0.15) is 4.99 Å². The molecule has 0 unspecified atom stereocenters. The number of hydrogen-bond acceptors (Lipinski definition) is 2. The molecule has 2 aromatic carbocycles. The maximum absolute atomic E-state index is 5.65. The zero-order valence-corrected chi connectivity index (χ0v) is 12.6. The molecule has 23 heavy (non-hydrogen) atoms. The minimum atomic E-state index is -0.128. The van der Waals surface area contributed by atoms with Gasteiger partial charge in [0.1, 0.15) is 5.82 Å². The number of aromatic nitrogens is 2. The van der Waals surface area contributed by atoms with Gasteiger partial charge in [-0.25, -0.2) is 9.98 Å². The van der Waals surface area contributed by atoms with Gasteiger partial charge < -0.3 is 21.8 Å². The number of aliphatic imine (C=N–C) groups is 2. The fraction of sp³-hybridized carbons (Fsp3) is 0.0625. The van der Waals surface area contributed by atoms with Crippen molar-refractivity contribution in [2.45, 2.75) is 0 Å². The predicted molar refractivity (Wildman–Crippen MR) is 93.2 cm³/mol. The molecule has 0 atom stereocenters.